The number of rotatable bonds is 13. The molecule has 0 bridgehead atoms. The molecule has 5 rings (SSSR count). The highest BCUT2D eigenvalue weighted by molar-refractivity contribution is 7.25. The summed E-state index contributed by atoms with van der Waals surface area (Å²) in [7, 11) is 3.58. The Bertz CT molecular complexity index is 1600. The van der Waals surface area contributed by atoms with E-state index >= 15 is 0 Å². The van der Waals surface area contributed by atoms with E-state index in [4.69, 9.17) is 21.1 Å². The summed E-state index contributed by atoms with van der Waals surface area (Å²) >= 11 is 8.14. The fourth-order valence-electron chi connectivity index (χ4n) is 4.98. The summed E-state index contributed by atoms with van der Waals surface area (Å²) in [6, 6.07) is 11.8. The van der Waals surface area contributed by atoms with E-state index in [9.17, 15) is 4.79 Å². The number of anilines is 2. The molecule has 0 saturated carbocycles. The number of carbonyl (C=O) groups excluding carboxylic acids is 1. The molecule has 2 aromatic carbocycles. The van der Waals surface area contributed by atoms with E-state index in [0.717, 1.165) is 70.7 Å². The number of amides is 1. The van der Waals surface area contributed by atoms with Crippen LogP contribution in [0.2, 0.25) is 5.02 Å². The standard InChI is InChI=1S/C32H37ClN6O3S/c1-34-11-5-3-4-6-17-42-27-10-8-24(21-26(27)33)37-31-30-25-9-7-23(19-28(25)43-32(30)36-22-35-31)20-29(40)39-14-12-38(13-15-39)16-18-41-2/h3-5,7-11,19,21-22,34H,6,12-18,20H2,1-2H3,(H,35,36,37)/b4-3-,11-5-. The summed E-state index contributed by atoms with van der Waals surface area (Å²) in [6.45, 7) is 5.42. The van der Waals surface area contributed by atoms with E-state index in [0.29, 0.717) is 36.2 Å². The summed E-state index contributed by atoms with van der Waals surface area (Å²) in [5, 5.41) is 8.88. The van der Waals surface area contributed by atoms with Gasteiger partial charge in [-0.15, -0.1) is 11.3 Å². The number of allylic oxidation sites excluding steroid dienone is 2. The molecule has 0 spiro atoms. The van der Waals surface area contributed by atoms with Crippen molar-refractivity contribution in [1.82, 2.24) is 25.1 Å². The molecule has 1 amide bonds. The predicted molar refractivity (Wildman–Crippen MR) is 176 cm³/mol. The molecular formula is C32H37ClN6O3S. The summed E-state index contributed by atoms with van der Waals surface area (Å²) in [5.74, 6) is 1.50. The van der Waals surface area contributed by atoms with Crippen LogP contribution in [0, 0.1) is 0 Å². The maximum atomic E-state index is 13.1. The van der Waals surface area contributed by atoms with Gasteiger partial charge in [-0.1, -0.05) is 35.9 Å². The molecule has 43 heavy (non-hydrogen) atoms. The molecule has 11 heteroatoms. The minimum atomic E-state index is 0.163. The molecule has 0 unspecified atom stereocenters. The second-order valence-electron chi connectivity index (χ2n) is 10.2. The average molecular weight is 621 g/mol. The van der Waals surface area contributed by atoms with Crippen molar-refractivity contribution >= 4 is 60.7 Å². The number of hydrogen-bond donors (Lipinski definition) is 2. The van der Waals surface area contributed by atoms with Crippen molar-refractivity contribution in [2.75, 3.05) is 65.4 Å². The summed E-state index contributed by atoms with van der Waals surface area (Å²) in [4.78, 5) is 27.3. The van der Waals surface area contributed by atoms with Crippen molar-refractivity contribution in [2.45, 2.75) is 12.8 Å². The van der Waals surface area contributed by atoms with Crippen molar-refractivity contribution < 1.29 is 14.3 Å². The lowest BCUT2D eigenvalue weighted by Crippen LogP contribution is -2.49. The van der Waals surface area contributed by atoms with Gasteiger partial charge < -0.3 is 25.0 Å². The van der Waals surface area contributed by atoms with Crippen LogP contribution in [0.3, 0.4) is 0 Å². The van der Waals surface area contributed by atoms with Gasteiger partial charge in [-0.05, 0) is 48.5 Å². The lowest BCUT2D eigenvalue weighted by Gasteiger charge is -2.34. The van der Waals surface area contributed by atoms with Crippen LogP contribution < -0.4 is 15.4 Å². The molecule has 226 valence electrons. The Morgan fingerprint density at radius 3 is 2.74 bits per heavy atom. The minimum Gasteiger partial charge on any atom is -0.492 e. The maximum Gasteiger partial charge on any atom is 0.227 e. The van der Waals surface area contributed by atoms with Crippen molar-refractivity contribution in [1.29, 1.82) is 0 Å². The highest BCUT2D eigenvalue weighted by Crippen LogP contribution is 2.38. The third kappa shape index (κ3) is 8.03. The first-order valence-corrected chi connectivity index (χ1v) is 15.6. The fourth-order valence-corrected chi connectivity index (χ4v) is 6.32. The quantitative estimate of drug-likeness (QED) is 0.147. The minimum absolute atomic E-state index is 0.163. The number of nitrogens with zero attached hydrogens (tertiary/aromatic N) is 4. The molecule has 1 saturated heterocycles. The van der Waals surface area contributed by atoms with Gasteiger partial charge in [0.25, 0.3) is 0 Å². The lowest BCUT2D eigenvalue weighted by molar-refractivity contribution is -0.132. The van der Waals surface area contributed by atoms with Crippen molar-refractivity contribution in [3.63, 3.8) is 0 Å². The van der Waals surface area contributed by atoms with Gasteiger partial charge >= 0.3 is 0 Å². The second-order valence-corrected chi connectivity index (χ2v) is 11.6. The summed E-state index contributed by atoms with van der Waals surface area (Å²) in [6.07, 6.45) is 10.5. The largest absolute Gasteiger partial charge is 0.492 e. The zero-order valence-electron chi connectivity index (χ0n) is 24.5. The van der Waals surface area contributed by atoms with Gasteiger partial charge in [-0.3, -0.25) is 9.69 Å². The number of hydrogen-bond acceptors (Lipinski definition) is 9. The van der Waals surface area contributed by atoms with E-state index in [2.05, 4.69) is 37.6 Å². The molecule has 1 fully saturated rings. The van der Waals surface area contributed by atoms with E-state index in [-0.39, 0.29) is 5.91 Å². The van der Waals surface area contributed by atoms with Crippen LogP contribution in [0.5, 0.6) is 5.75 Å². The van der Waals surface area contributed by atoms with Crippen LogP contribution in [0.4, 0.5) is 11.5 Å². The van der Waals surface area contributed by atoms with Gasteiger partial charge in [-0.2, -0.15) is 0 Å². The Kier molecular flexibility index (Phi) is 10.8. The number of thiophene rings is 1. The first-order chi connectivity index (χ1) is 21.1. The topological polar surface area (TPSA) is 91.8 Å². The van der Waals surface area contributed by atoms with E-state index < -0.39 is 0 Å². The zero-order valence-corrected chi connectivity index (χ0v) is 26.1. The number of halogens is 1. The van der Waals surface area contributed by atoms with Gasteiger partial charge in [0.1, 0.15) is 22.7 Å². The number of carbonyl (C=O) groups is 1. The highest BCUT2D eigenvalue weighted by Gasteiger charge is 2.21. The third-order valence-electron chi connectivity index (χ3n) is 7.27. The molecule has 2 aromatic heterocycles. The Morgan fingerprint density at radius 1 is 1.09 bits per heavy atom. The Balaban J connectivity index is 1.24. The lowest BCUT2D eigenvalue weighted by atomic mass is 10.1. The SMILES string of the molecule is CN/C=C\C=C/CCOc1ccc(Nc2ncnc3sc4cc(CC(=O)N5CCN(CCOC)CC5)ccc4c23)cc1Cl. The van der Waals surface area contributed by atoms with Gasteiger partial charge in [0.05, 0.1) is 30.0 Å². The summed E-state index contributed by atoms with van der Waals surface area (Å²) in [5.41, 5.74) is 1.80. The summed E-state index contributed by atoms with van der Waals surface area (Å²) < 4.78 is 12.1. The van der Waals surface area contributed by atoms with Crippen molar-refractivity contribution in [3.05, 3.63) is 77.7 Å². The average Bonchev–Trinajstić information content (AvgIpc) is 3.39. The Morgan fingerprint density at radius 2 is 1.95 bits per heavy atom. The van der Waals surface area contributed by atoms with Gasteiger partial charge in [0.2, 0.25) is 5.91 Å². The monoisotopic (exact) mass is 620 g/mol. The van der Waals surface area contributed by atoms with Crippen LogP contribution in [0.15, 0.2) is 67.2 Å². The molecule has 9 nitrogen and oxygen atoms in total. The third-order valence-corrected chi connectivity index (χ3v) is 8.63. The molecule has 1 aliphatic rings. The maximum absolute atomic E-state index is 13.1. The van der Waals surface area contributed by atoms with E-state index in [1.807, 2.05) is 60.6 Å². The number of piperazine rings is 1. The Labute approximate surface area is 261 Å². The van der Waals surface area contributed by atoms with Crippen LogP contribution in [-0.4, -0.2) is 85.8 Å². The second kappa shape index (κ2) is 15.2. The highest BCUT2D eigenvalue weighted by atomic mass is 35.5. The molecule has 4 aromatic rings. The van der Waals surface area contributed by atoms with Crippen LogP contribution in [-0.2, 0) is 16.0 Å². The van der Waals surface area contributed by atoms with Crippen molar-refractivity contribution in [3.8, 4) is 5.75 Å². The van der Waals surface area contributed by atoms with Gasteiger partial charge in [-0.25, -0.2) is 9.97 Å². The molecule has 3 heterocycles. The normalized spacial score (nSPS) is 14.3. The van der Waals surface area contributed by atoms with Crippen LogP contribution >= 0.6 is 22.9 Å². The fraction of sp³-hybridized carbons (Fsp3) is 0.344. The smallest absolute Gasteiger partial charge is 0.227 e. The number of nitrogens with one attached hydrogen (secondary N) is 2. The predicted octanol–water partition coefficient (Wildman–Crippen LogP) is 5.63. The van der Waals surface area contributed by atoms with Gasteiger partial charge in [0, 0.05) is 62.7 Å². The first-order valence-electron chi connectivity index (χ1n) is 14.4. The number of fused-ring (bicyclic) bond motifs is 3. The van der Waals surface area contributed by atoms with Gasteiger partial charge in [0.15, 0.2) is 0 Å². The van der Waals surface area contributed by atoms with Crippen LogP contribution in [0.1, 0.15) is 12.0 Å². The van der Waals surface area contributed by atoms with E-state index in [1.165, 1.54) is 0 Å². The Hall–Kier alpha value is -3.70. The molecule has 1 aliphatic heterocycles. The molecule has 0 atom stereocenters. The molecule has 2 N–H and O–H groups in total. The first kappa shape index (κ1) is 30.7. The van der Waals surface area contributed by atoms with Crippen molar-refractivity contribution in [2.24, 2.45) is 0 Å². The van der Waals surface area contributed by atoms with E-state index in [1.54, 1.807) is 24.8 Å². The molecule has 0 aliphatic carbocycles. The number of ether oxygens (including phenoxy) is 2. The molecular weight excluding hydrogens is 584 g/mol. The molecule has 0 radical (unpaired) electrons. The zero-order chi connectivity index (χ0) is 30.0. The number of aromatic nitrogens is 2. The number of methoxy groups -OCH3 is 1. The van der Waals surface area contributed by atoms with Crippen LogP contribution in [0.25, 0.3) is 20.3 Å². The number of benzene rings is 2.